The first-order valence-corrected chi connectivity index (χ1v) is 6.62. The molecule has 1 aromatic rings. The molecule has 0 bridgehead atoms. The molecule has 0 radical (unpaired) electrons. The van der Waals surface area contributed by atoms with Crippen molar-refractivity contribution in [2.24, 2.45) is 5.92 Å². The molecule has 1 aliphatic heterocycles. The van der Waals surface area contributed by atoms with Crippen molar-refractivity contribution in [1.29, 1.82) is 0 Å². The minimum absolute atomic E-state index is 0.135. The number of nitrogens with two attached hydrogens (primary N) is 1. The smallest absolute Gasteiger partial charge is 0.165 e. The first-order chi connectivity index (χ1) is 8.16. The maximum Gasteiger partial charge on any atom is 0.165 e. The predicted octanol–water partition coefficient (Wildman–Crippen LogP) is 3.03. The van der Waals surface area contributed by atoms with Crippen molar-refractivity contribution in [1.82, 2.24) is 0 Å². The summed E-state index contributed by atoms with van der Waals surface area (Å²) >= 11 is 3.36. The molecule has 92 valence electrons. The highest BCUT2D eigenvalue weighted by Gasteiger charge is 2.19. The Morgan fingerprint density at radius 2 is 2.12 bits per heavy atom. The van der Waals surface area contributed by atoms with Crippen molar-refractivity contribution in [3.63, 3.8) is 0 Å². The van der Waals surface area contributed by atoms with Gasteiger partial charge in [-0.1, -0.05) is 15.9 Å². The van der Waals surface area contributed by atoms with Crippen LogP contribution < -0.4 is 5.73 Å². The van der Waals surface area contributed by atoms with E-state index < -0.39 is 0 Å². The van der Waals surface area contributed by atoms with Gasteiger partial charge in [0.25, 0.3) is 0 Å². The zero-order chi connectivity index (χ0) is 12.3. The number of hydrogen-bond donors (Lipinski definition) is 1. The standard InChI is InChI=1S/C13H16BrNO2/c14-10-1-2-12(15)11(8-10)13(16)7-9-3-5-17-6-4-9/h1-2,8-9H,3-7,15H2. The molecule has 3 nitrogen and oxygen atoms in total. The molecule has 1 aliphatic rings. The summed E-state index contributed by atoms with van der Waals surface area (Å²) in [6, 6.07) is 5.42. The van der Waals surface area contributed by atoms with Gasteiger partial charge in [-0.3, -0.25) is 4.79 Å². The second-order valence-electron chi connectivity index (χ2n) is 4.41. The van der Waals surface area contributed by atoms with Crippen molar-refractivity contribution < 1.29 is 9.53 Å². The Kier molecular flexibility index (Phi) is 4.18. The van der Waals surface area contributed by atoms with E-state index in [2.05, 4.69) is 15.9 Å². The predicted molar refractivity (Wildman–Crippen MR) is 71.0 cm³/mol. The number of nitrogen functional groups attached to an aromatic ring is 1. The molecule has 0 saturated carbocycles. The lowest BCUT2D eigenvalue weighted by molar-refractivity contribution is 0.0601. The van der Waals surface area contributed by atoms with Crippen molar-refractivity contribution in [2.45, 2.75) is 19.3 Å². The van der Waals surface area contributed by atoms with E-state index in [0.29, 0.717) is 23.6 Å². The molecular formula is C13H16BrNO2. The normalized spacial score (nSPS) is 17.0. The number of Topliss-reactive ketones (excluding diaryl/α,β-unsaturated/α-hetero) is 1. The van der Waals surface area contributed by atoms with Crippen LogP contribution in [0.15, 0.2) is 22.7 Å². The minimum atomic E-state index is 0.135. The van der Waals surface area contributed by atoms with Crippen LogP contribution in [0.3, 0.4) is 0 Å². The Morgan fingerprint density at radius 1 is 1.41 bits per heavy atom. The molecule has 1 aromatic carbocycles. The summed E-state index contributed by atoms with van der Waals surface area (Å²) < 4.78 is 6.18. The van der Waals surface area contributed by atoms with Gasteiger partial charge in [-0.15, -0.1) is 0 Å². The van der Waals surface area contributed by atoms with Gasteiger partial charge in [0.2, 0.25) is 0 Å². The molecule has 4 heteroatoms. The Balaban J connectivity index is 2.05. The van der Waals surface area contributed by atoms with Gasteiger partial charge in [-0.2, -0.15) is 0 Å². The minimum Gasteiger partial charge on any atom is -0.398 e. The van der Waals surface area contributed by atoms with Crippen LogP contribution in [0.1, 0.15) is 29.6 Å². The fourth-order valence-electron chi connectivity index (χ4n) is 2.09. The van der Waals surface area contributed by atoms with E-state index in [-0.39, 0.29) is 5.78 Å². The second kappa shape index (κ2) is 5.65. The number of rotatable bonds is 3. The summed E-state index contributed by atoms with van der Waals surface area (Å²) in [5.74, 6) is 0.574. The molecule has 17 heavy (non-hydrogen) atoms. The van der Waals surface area contributed by atoms with Crippen LogP contribution in [0.2, 0.25) is 0 Å². The molecule has 1 saturated heterocycles. The summed E-state index contributed by atoms with van der Waals surface area (Å²) in [4.78, 5) is 12.1. The van der Waals surface area contributed by atoms with Gasteiger partial charge in [0.05, 0.1) is 0 Å². The Labute approximate surface area is 109 Å². The maximum atomic E-state index is 12.1. The van der Waals surface area contributed by atoms with Crippen LogP contribution >= 0.6 is 15.9 Å². The van der Waals surface area contributed by atoms with E-state index in [1.54, 1.807) is 12.1 Å². The SMILES string of the molecule is Nc1ccc(Br)cc1C(=O)CC1CCOCC1. The lowest BCUT2D eigenvalue weighted by Gasteiger charge is -2.21. The van der Waals surface area contributed by atoms with Crippen molar-refractivity contribution in [3.05, 3.63) is 28.2 Å². The molecule has 2 N–H and O–H groups in total. The highest BCUT2D eigenvalue weighted by Crippen LogP contribution is 2.24. The first kappa shape index (κ1) is 12.6. The van der Waals surface area contributed by atoms with Crippen molar-refractivity contribution in [3.8, 4) is 0 Å². The fraction of sp³-hybridized carbons (Fsp3) is 0.462. The van der Waals surface area contributed by atoms with Gasteiger partial charge in [0.1, 0.15) is 0 Å². The first-order valence-electron chi connectivity index (χ1n) is 5.83. The molecule has 0 aromatic heterocycles. The summed E-state index contributed by atoms with van der Waals surface area (Å²) in [5, 5.41) is 0. The van der Waals surface area contributed by atoms with E-state index in [4.69, 9.17) is 10.5 Å². The molecule has 1 fully saturated rings. The summed E-state index contributed by atoms with van der Waals surface area (Å²) in [7, 11) is 0. The van der Waals surface area contributed by atoms with Crippen LogP contribution in [0.25, 0.3) is 0 Å². The topological polar surface area (TPSA) is 52.3 Å². The van der Waals surface area contributed by atoms with Crippen molar-refractivity contribution >= 4 is 27.4 Å². The average molecular weight is 298 g/mol. The number of benzene rings is 1. The maximum absolute atomic E-state index is 12.1. The zero-order valence-electron chi connectivity index (χ0n) is 9.62. The van der Waals surface area contributed by atoms with Crippen LogP contribution in [-0.2, 0) is 4.74 Å². The average Bonchev–Trinajstić information content (AvgIpc) is 2.33. The Morgan fingerprint density at radius 3 is 2.82 bits per heavy atom. The van der Waals surface area contributed by atoms with Crippen molar-refractivity contribution in [2.75, 3.05) is 18.9 Å². The molecule has 0 amide bonds. The molecular weight excluding hydrogens is 282 g/mol. The lowest BCUT2D eigenvalue weighted by Crippen LogP contribution is -2.19. The van der Waals surface area contributed by atoms with Gasteiger partial charge in [-0.25, -0.2) is 0 Å². The van der Waals surface area contributed by atoms with Gasteiger partial charge >= 0.3 is 0 Å². The summed E-state index contributed by atoms with van der Waals surface area (Å²) in [6.45, 7) is 1.54. The van der Waals surface area contributed by atoms with Gasteiger partial charge in [-0.05, 0) is 37.0 Å². The molecule has 2 rings (SSSR count). The van der Waals surface area contributed by atoms with Gasteiger partial charge in [0, 0.05) is 35.4 Å². The zero-order valence-corrected chi connectivity index (χ0v) is 11.2. The van der Waals surface area contributed by atoms with E-state index >= 15 is 0 Å². The third-order valence-electron chi connectivity index (χ3n) is 3.13. The van der Waals surface area contributed by atoms with Crippen LogP contribution in [0, 0.1) is 5.92 Å². The van der Waals surface area contributed by atoms with Gasteiger partial charge in [0.15, 0.2) is 5.78 Å². The highest BCUT2D eigenvalue weighted by atomic mass is 79.9. The van der Waals surface area contributed by atoms with Crippen LogP contribution in [-0.4, -0.2) is 19.0 Å². The number of carbonyl (C=O) groups is 1. The van der Waals surface area contributed by atoms with Gasteiger partial charge < -0.3 is 10.5 Å². The number of ketones is 1. The monoisotopic (exact) mass is 297 g/mol. The molecule has 0 aliphatic carbocycles. The second-order valence-corrected chi connectivity index (χ2v) is 5.33. The largest absolute Gasteiger partial charge is 0.398 e. The van der Waals surface area contributed by atoms with E-state index in [1.165, 1.54) is 0 Å². The number of carbonyl (C=O) groups excluding carboxylic acids is 1. The van der Waals surface area contributed by atoms with Crippen LogP contribution in [0.4, 0.5) is 5.69 Å². The number of ether oxygens (including phenoxy) is 1. The summed E-state index contributed by atoms with van der Waals surface area (Å²) in [6.07, 6.45) is 2.52. The van der Waals surface area contributed by atoms with Crippen LogP contribution in [0.5, 0.6) is 0 Å². The highest BCUT2D eigenvalue weighted by molar-refractivity contribution is 9.10. The fourth-order valence-corrected chi connectivity index (χ4v) is 2.45. The Bertz CT molecular complexity index is 414. The quantitative estimate of drug-likeness (QED) is 0.689. The number of anilines is 1. The summed E-state index contributed by atoms with van der Waals surface area (Å²) in [5.41, 5.74) is 7.02. The Hall–Kier alpha value is -0.870. The third kappa shape index (κ3) is 3.30. The van der Waals surface area contributed by atoms with E-state index in [1.807, 2.05) is 6.07 Å². The van der Waals surface area contributed by atoms with E-state index in [9.17, 15) is 4.79 Å². The molecule has 0 atom stereocenters. The number of halogens is 1. The molecule has 0 spiro atoms. The lowest BCUT2D eigenvalue weighted by atomic mass is 9.91. The number of hydrogen-bond acceptors (Lipinski definition) is 3. The molecule has 1 heterocycles. The van der Waals surface area contributed by atoms with E-state index in [0.717, 1.165) is 30.5 Å². The molecule has 0 unspecified atom stereocenters. The third-order valence-corrected chi connectivity index (χ3v) is 3.62.